The zero-order valence-electron chi connectivity index (χ0n) is 11.1. The summed E-state index contributed by atoms with van der Waals surface area (Å²) in [6, 6.07) is 1.97. The molecule has 4 atom stereocenters. The van der Waals surface area contributed by atoms with E-state index in [0.717, 1.165) is 0 Å². The average molecular weight is 370 g/mol. The van der Waals surface area contributed by atoms with Gasteiger partial charge in [0, 0.05) is 0 Å². The van der Waals surface area contributed by atoms with Crippen LogP contribution >= 0.6 is 15.9 Å². The number of aliphatic hydroxyl groups is 3. The Balaban J connectivity index is 2.20. The number of H-pyrrole nitrogens is 1. The molecule has 0 aliphatic carbocycles. The minimum absolute atomic E-state index is 0.100. The van der Waals surface area contributed by atoms with Crippen molar-refractivity contribution in [1.29, 1.82) is 10.7 Å². The van der Waals surface area contributed by atoms with Crippen molar-refractivity contribution in [3.8, 4) is 6.07 Å². The van der Waals surface area contributed by atoms with E-state index in [1.807, 2.05) is 6.07 Å². The summed E-state index contributed by atoms with van der Waals surface area (Å²) < 4.78 is 7.22. The van der Waals surface area contributed by atoms with Crippen LogP contribution in [0.4, 0.5) is 0 Å². The summed E-state index contributed by atoms with van der Waals surface area (Å²) in [6.07, 6.45) is -3.18. The molecular formula is C12H12BrN5O4. The molecule has 10 heteroatoms. The highest BCUT2D eigenvalue weighted by Crippen LogP contribution is 2.32. The highest BCUT2D eigenvalue weighted by atomic mass is 79.9. The second kappa shape index (κ2) is 5.45. The van der Waals surface area contributed by atoms with Gasteiger partial charge in [-0.2, -0.15) is 5.26 Å². The van der Waals surface area contributed by atoms with Crippen LogP contribution in [0.15, 0.2) is 10.9 Å². The molecular weight excluding hydrogens is 358 g/mol. The van der Waals surface area contributed by atoms with Crippen molar-refractivity contribution in [3.05, 3.63) is 22.0 Å². The van der Waals surface area contributed by atoms with E-state index in [9.17, 15) is 15.5 Å². The Morgan fingerprint density at radius 1 is 1.50 bits per heavy atom. The molecule has 0 saturated carbocycles. The molecule has 1 saturated heterocycles. The van der Waals surface area contributed by atoms with Gasteiger partial charge in [-0.3, -0.25) is 9.98 Å². The average Bonchev–Trinajstić information content (AvgIpc) is 2.98. The molecule has 2 aromatic heterocycles. The second-order valence-corrected chi connectivity index (χ2v) is 5.67. The van der Waals surface area contributed by atoms with Crippen LogP contribution in [0.5, 0.6) is 0 Å². The number of halogens is 1. The summed E-state index contributed by atoms with van der Waals surface area (Å²) in [6.45, 7) is -0.444. The Kier molecular flexibility index (Phi) is 3.75. The maximum Gasteiger partial charge on any atom is 0.165 e. The Hall–Kier alpha value is -1.77. The Bertz CT molecular complexity index is 825. The maximum atomic E-state index is 10.1. The number of nitrogens with zero attached hydrogens (tertiary/aromatic N) is 3. The molecule has 5 N–H and O–H groups in total. The van der Waals surface area contributed by atoms with E-state index in [2.05, 4.69) is 25.9 Å². The number of fused-ring (bicyclic) bond motifs is 1. The maximum absolute atomic E-state index is 10.1. The Morgan fingerprint density at radius 3 is 2.82 bits per heavy atom. The summed E-state index contributed by atoms with van der Waals surface area (Å²) in [4.78, 5) is 6.78. The van der Waals surface area contributed by atoms with Gasteiger partial charge in [0.2, 0.25) is 0 Å². The van der Waals surface area contributed by atoms with Crippen molar-refractivity contribution < 1.29 is 20.1 Å². The number of nitriles is 1. The van der Waals surface area contributed by atoms with Gasteiger partial charge in [-0.25, -0.2) is 4.98 Å². The number of aromatic amines is 1. The van der Waals surface area contributed by atoms with Gasteiger partial charge >= 0.3 is 0 Å². The van der Waals surface area contributed by atoms with Crippen LogP contribution in [0, 0.1) is 16.7 Å². The van der Waals surface area contributed by atoms with Gasteiger partial charge in [0.1, 0.15) is 41.0 Å². The van der Waals surface area contributed by atoms with Crippen LogP contribution in [-0.4, -0.2) is 54.8 Å². The van der Waals surface area contributed by atoms with Crippen molar-refractivity contribution in [2.45, 2.75) is 24.5 Å². The topological polar surface area (TPSA) is 151 Å². The molecule has 0 aromatic carbocycles. The summed E-state index contributed by atoms with van der Waals surface area (Å²) >= 11 is 3.20. The van der Waals surface area contributed by atoms with Crippen LogP contribution in [0.3, 0.4) is 0 Å². The van der Waals surface area contributed by atoms with E-state index < -0.39 is 31.1 Å². The number of ether oxygens (including phenoxy) is 1. The molecule has 0 spiro atoms. The third kappa shape index (κ3) is 2.06. The predicted octanol–water partition coefficient (Wildman–Crippen LogP) is -0.910. The molecule has 116 valence electrons. The van der Waals surface area contributed by atoms with Gasteiger partial charge in [-0.15, -0.1) is 0 Å². The van der Waals surface area contributed by atoms with Crippen molar-refractivity contribution >= 4 is 27.0 Å². The second-order valence-electron chi connectivity index (χ2n) is 4.88. The van der Waals surface area contributed by atoms with Crippen LogP contribution in [0.1, 0.15) is 11.8 Å². The summed E-state index contributed by atoms with van der Waals surface area (Å²) in [5.74, 6) is 0. The predicted molar refractivity (Wildman–Crippen MR) is 75.4 cm³/mol. The molecule has 1 fully saturated rings. The zero-order valence-corrected chi connectivity index (χ0v) is 12.6. The first-order valence-electron chi connectivity index (χ1n) is 6.35. The van der Waals surface area contributed by atoms with Crippen LogP contribution in [0.25, 0.3) is 11.0 Å². The van der Waals surface area contributed by atoms with E-state index in [4.69, 9.17) is 15.3 Å². The highest BCUT2D eigenvalue weighted by Gasteiger charge is 2.43. The lowest BCUT2D eigenvalue weighted by Gasteiger charge is -2.18. The molecule has 1 unspecified atom stereocenters. The Morgan fingerprint density at radius 2 is 2.23 bits per heavy atom. The molecule has 9 nitrogen and oxygen atoms in total. The van der Waals surface area contributed by atoms with E-state index in [-0.39, 0.29) is 16.4 Å². The molecule has 2 aromatic rings. The lowest BCUT2D eigenvalue weighted by molar-refractivity contribution is -0.0515. The molecule has 1 aliphatic heterocycles. The molecule has 0 amide bonds. The largest absolute Gasteiger partial charge is 0.394 e. The minimum Gasteiger partial charge on any atom is -0.394 e. The number of hydrogen-bond acceptors (Lipinski definition) is 7. The molecule has 3 rings (SSSR count). The molecule has 1 aliphatic rings. The lowest BCUT2D eigenvalue weighted by atomic mass is 10.1. The fourth-order valence-corrected chi connectivity index (χ4v) is 3.01. The smallest absolute Gasteiger partial charge is 0.165 e. The SMILES string of the molecule is N#Cc1c(Br)[nH]c2c1c(=N)ncn2[C@@H]1O[C@H](CO)C(O)[C@@H]1O. The fourth-order valence-electron chi connectivity index (χ4n) is 2.53. The quantitative estimate of drug-likeness (QED) is 0.462. The summed E-state index contributed by atoms with van der Waals surface area (Å²) in [5.41, 5.74) is 0.461. The van der Waals surface area contributed by atoms with E-state index >= 15 is 0 Å². The summed E-state index contributed by atoms with van der Waals surface area (Å²) in [5, 5.41) is 46.4. The van der Waals surface area contributed by atoms with Gasteiger partial charge in [-0.1, -0.05) is 0 Å². The number of aromatic nitrogens is 3. The third-order valence-electron chi connectivity index (χ3n) is 3.64. The van der Waals surface area contributed by atoms with E-state index in [1.165, 1.54) is 10.9 Å². The van der Waals surface area contributed by atoms with E-state index in [0.29, 0.717) is 10.3 Å². The van der Waals surface area contributed by atoms with Gasteiger partial charge in [0.25, 0.3) is 0 Å². The third-order valence-corrected chi connectivity index (χ3v) is 4.24. The minimum atomic E-state index is -1.28. The van der Waals surface area contributed by atoms with Gasteiger partial charge in [-0.05, 0) is 15.9 Å². The first-order chi connectivity index (χ1) is 10.5. The molecule has 3 heterocycles. The van der Waals surface area contributed by atoms with Crippen molar-refractivity contribution in [2.24, 2.45) is 0 Å². The number of rotatable bonds is 2. The molecule has 0 bridgehead atoms. The Labute approximate surface area is 132 Å². The van der Waals surface area contributed by atoms with Gasteiger partial charge in [0.05, 0.1) is 17.6 Å². The first kappa shape index (κ1) is 15.1. The van der Waals surface area contributed by atoms with Crippen molar-refractivity contribution in [2.75, 3.05) is 6.61 Å². The number of hydrogen-bond donors (Lipinski definition) is 5. The fraction of sp³-hybridized carbons (Fsp3) is 0.417. The zero-order chi connectivity index (χ0) is 16.0. The van der Waals surface area contributed by atoms with Crippen LogP contribution in [0.2, 0.25) is 0 Å². The van der Waals surface area contributed by atoms with Gasteiger partial charge in [0.15, 0.2) is 11.7 Å². The monoisotopic (exact) mass is 369 g/mol. The molecule has 0 radical (unpaired) electrons. The number of nitrogens with one attached hydrogen (secondary N) is 2. The van der Waals surface area contributed by atoms with Crippen LogP contribution in [-0.2, 0) is 4.74 Å². The standard InChI is InChI=1S/C12H12BrN5O4/c13-9-4(1-14)6-10(15)16-3-18(11(6)17-9)12-8(21)7(20)5(2-19)22-12/h3,5,7-8,12,15,17,19-21H,2H2/t5-,7?,8+,12-/m1/s1. The van der Waals surface area contributed by atoms with Crippen molar-refractivity contribution in [1.82, 2.24) is 14.5 Å². The van der Waals surface area contributed by atoms with E-state index in [1.54, 1.807) is 0 Å². The summed E-state index contributed by atoms with van der Waals surface area (Å²) in [7, 11) is 0. The molecule has 22 heavy (non-hydrogen) atoms. The van der Waals surface area contributed by atoms with Crippen LogP contribution < -0.4 is 5.49 Å². The first-order valence-corrected chi connectivity index (χ1v) is 7.14. The van der Waals surface area contributed by atoms with Crippen molar-refractivity contribution in [3.63, 3.8) is 0 Å². The highest BCUT2D eigenvalue weighted by molar-refractivity contribution is 9.10. The number of aliphatic hydroxyl groups excluding tert-OH is 3. The lowest BCUT2D eigenvalue weighted by Crippen LogP contribution is -2.33. The normalized spacial score (nSPS) is 28.1. The van der Waals surface area contributed by atoms with Gasteiger partial charge < -0.3 is 25.0 Å².